The number of ether oxygens (including phenoxy) is 1. The number of aliphatic imine (C=N–C) groups is 1. The lowest BCUT2D eigenvalue weighted by Gasteiger charge is -2.22. The first-order valence-corrected chi connectivity index (χ1v) is 11.5. The van der Waals surface area contributed by atoms with Gasteiger partial charge < -0.3 is 15.4 Å². The van der Waals surface area contributed by atoms with Crippen molar-refractivity contribution in [2.24, 2.45) is 10.7 Å². The van der Waals surface area contributed by atoms with E-state index in [2.05, 4.69) is 10.5 Å². The van der Waals surface area contributed by atoms with Gasteiger partial charge in [0.25, 0.3) is 11.8 Å². The Morgan fingerprint density at radius 2 is 1.89 bits per heavy atom. The molecule has 1 fully saturated rings. The summed E-state index contributed by atoms with van der Waals surface area (Å²) in [5.41, 5.74) is 12.6. The second-order valence-corrected chi connectivity index (χ2v) is 8.34. The average Bonchev–Trinajstić information content (AvgIpc) is 3.30. The summed E-state index contributed by atoms with van der Waals surface area (Å²) in [6.45, 7) is 2.67. The molecule has 4 rings (SSSR count). The van der Waals surface area contributed by atoms with E-state index < -0.39 is 6.04 Å². The van der Waals surface area contributed by atoms with Crippen LogP contribution < -0.4 is 11.2 Å². The molecule has 2 heterocycles. The van der Waals surface area contributed by atoms with E-state index in [1.165, 1.54) is 7.11 Å². The summed E-state index contributed by atoms with van der Waals surface area (Å²) >= 11 is 0. The maximum Gasteiger partial charge on any atom is 0.328 e. The van der Waals surface area contributed by atoms with Gasteiger partial charge in [0.05, 0.1) is 19.4 Å². The van der Waals surface area contributed by atoms with Crippen LogP contribution in [-0.2, 0) is 19.2 Å². The molecule has 0 saturated carbocycles. The molecule has 0 radical (unpaired) electrons. The average molecular weight is 477 g/mol. The molecule has 0 unspecified atom stereocenters. The number of fused-ring (bicyclic) bond motifs is 1. The number of carbonyl (C=O) groups is 3. The van der Waals surface area contributed by atoms with Crippen LogP contribution in [0.2, 0.25) is 0 Å². The van der Waals surface area contributed by atoms with Crippen LogP contribution in [0.4, 0.5) is 5.69 Å². The minimum atomic E-state index is -0.534. The Morgan fingerprint density at radius 1 is 1.14 bits per heavy atom. The summed E-state index contributed by atoms with van der Waals surface area (Å²) in [4.78, 5) is 48.4. The van der Waals surface area contributed by atoms with Crippen LogP contribution in [0.25, 0.3) is 17.2 Å². The number of methoxy groups -OCH3 is 1. The van der Waals surface area contributed by atoms with E-state index in [9.17, 15) is 14.4 Å². The number of likely N-dealkylation sites (tertiary alicyclic amines) is 1. The number of nitrogens with two attached hydrogens (primary N) is 1. The summed E-state index contributed by atoms with van der Waals surface area (Å²) in [6, 6.07) is 12.4. The van der Waals surface area contributed by atoms with Crippen molar-refractivity contribution in [1.82, 2.24) is 10.4 Å². The number of hydrogen-bond donors (Lipinski definition) is 2. The minimum absolute atomic E-state index is 0.188. The van der Waals surface area contributed by atoms with Gasteiger partial charge in [-0.2, -0.15) is 0 Å². The molecule has 2 aromatic carbocycles. The van der Waals surface area contributed by atoms with Crippen molar-refractivity contribution in [3.05, 3.63) is 59.2 Å². The van der Waals surface area contributed by atoms with Crippen LogP contribution in [0.3, 0.4) is 0 Å². The fourth-order valence-corrected chi connectivity index (χ4v) is 4.28. The number of nitrogens with one attached hydrogen (secondary N) is 1. The second kappa shape index (κ2) is 10.5. The summed E-state index contributed by atoms with van der Waals surface area (Å²) in [5.74, 6) is -0.600. The Labute approximate surface area is 203 Å². The molecule has 2 aliphatic heterocycles. The highest BCUT2D eigenvalue weighted by molar-refractivity contribution is 6.05. The lowest BCUT2D eigenvalue weighted by Crippen LogP contribution is -2.41. The van der Waals surface area contributed by atoms with Crippen molar-refractivity contribution >= 4 is 35.4 Å². The van der Waals surface area contributed by atoms with Gasteiger partial charge >= 0.3 is 5.97 Å². The van der Waals surface area contributed by atoms with Gasteiger partial charge in [0.2, 0.25) is 0 Å². The number of rotatable bonds is 6. The third-order valence-electron chi connectivity index (χ3n) is 6.05. The van der Waals surface area contributed by atoms with Crippen molar-refractivity contribution in [1.29, 1.82) is 0 Å². The van der Waals surface area contributed by atoms with Crippen LogP contribution in [0.5, 0.6) is 0 Å². The third kappa shape index (κ3) is 5.25. The molecule has 1 atom stereocenters. The van der Waals surface area contributed by atoms with Crippen LogP contribution >= 0.6 is 0 Å². The maximum absolute atomic E-state index is 13.0. The number of amidine groups is 1. The molecule has 2 amide bonds. The molecule has 3 N–H and O–H groups in total. The van der Waals surface area contributed by atoms with E-state index in [-0.39, 0.29) is 24.2 Å². The normalized spacial score (nSPS) is 17.1. The van der Waals surface area contributed by atoms with Crippen molar-refractivity contribution in [2.75, 3.05) is 20.3 Å². The Kier molecular flexibility index (Phi) is 7.26. The summed E-state index contributed by atoms with van der Waals surface area (Å²) < 4.78 is 4.84. The quantitative estimate of drug-likeness (QED) is 0.488. The molecule has 2 aromatic rings. The first-order chi connectivity index (χ1) is 16.9. The molecule has 1 saturated heterocycles. The van der Waals surface area contributed by atoms with Gasteiger partial charge in [0.1, 0.15) is 11.9 Å². The lowest BCUT2D eigenvalue weighted by atomic mass is 10.00. The monoisotopic (exact) mass is 476 g/mol. The number of benzene rings is 2. The predicted molar refractivity (Wildman–Crippen MR) is 132 cm³/mol. The maximum atomic E-state index is 13.0. The molecule has 9 nitrogen and oxygen atoms in total. The largest absolute Gasteiger partial charge is 0.467 e. The van der Waals surface area contributed by atoms with Crippen molar-refractivity contribution in [2.45, 2.75) is 32.2 Å². The number of carbonyl (C=O) groups excluding carboxylic acids is 3. The first-order valence-electron chi connectivity index (χ1n) is 11.5. The lowest BCUT2D eigenvalue weighted by molar-refractivity contribution is -0.145. The zero-order chi connectivity index (χ0) is 24.9. The number of esters is 1. The van der Waals surface area contributed by atoms with Crippen molar-refractivity contribution < 1.29 is 24.0 Å². The van der Waals surface area contributed by atoms with E-state index in [4.69, 9.17) is 15.3 Å². The molecular weight excluding hydrogens is 448 g/mol. The fraction of sp³-hybridized carbons (Fsp3) is 0.308. The zero-order valence-electron chi connectivity index (χ0n) is 19.7. The Balaban J connectivity index is 1.56. The van der Waals surface area contributed by atoms with E-state index in [0.29, 0.717) is 42.2 Å². The molecule has 0 bridgehead atoms. The predicted octanol–water partition coefficient (Wildman–Crippen LogP) is 2.97. The van der Waals surface area contributed by atoms with Gasteiger partial charge in [-0.3, -0.25) is 14.4 Å². The number of nitrogens with zero attached hydrogens (tertiary/aromatic N) is 2. The number of hydrogen-bond acceptors (Lipinski definition) is 7. The standard InChI is InChI=1S/C26H28N4O5/c1-3-35-29-24(31)20-13-19-11-10-18(14-21(19)28-23(27)15-20)16-6-8-17(9-7-16)25(32)30-12-4-5-22(30)26(33)34-2/h6-11,13-14,22H,3-5,12,15H2,1-2H3,(H2,27,28)(H,29,31)/t22-/m0/s1. The van der Waals surface area contributed by atoms with Gasteiger partial charge in [-0.25, -0.2) is 15.3 Å². The van der Waals surface area contributed by atoms with Gasteiger partial charge in [-0.1, -0.05) is 24.3 Å². The summed E-state index contributed by atoms with van der Waals surface area (Å²) in [6.07, 6.45) is 3.35. The molecule has 35 heavy (non-hydrogen) atoms. The van der Waals surface area contributed by atoms with Crippen LogP contribution in [0, 0.1) is 0 Å². The molecule has 9 heteroatoms. The number of amides is 2. The summed E-state index contributed by atoms with van der Waals surface area (Å²) in [7, 11) is 1.34. The number of hydroxylamine groups is 1. The van der Waals surface area contributed by atoms with E-state index in [1.807, 2.05) is 30.3 Å². The highest BCUT2D eigenvalue weighted by Crippen LogP contribution is 2.32. The first kappa shape index (κ1) is 24.2. The van der Waals surface area contributed by atoms with E-state index in [0.717, 1.165) is 23.1 Å². The van der Waals surface area contributed by atoms with E-state index in [1.54, 1.807) is 30.0 Å². The third-order valence-corrected chi connectivity index (χ3v) is 6.05. The zero-order valence-corrected chi connectivity index (χ0v) is 19.7. The minimum Gasteiger partial charge on any atom is -0.467 e. The molecule has 182 valence electrons. The summed E-state index contributed by atoms with van der Waals surface area (Å²) in [5, 5.41) is 0. The fourth-order valence-electron chi connectivity index (χ4n) is 4.28. The molecule has 0 aliphatic carbocycles. The second-order valence-electron chi connectivity index (χ2n) is 8.34. The van der Waals surface area contributed by atoms with Gasteiger partial charge in [-0.15, -0.1) is 0 Å². The van der Waals surface area contributed by atoms with Crippen LogP contribution in [0.1, 0.15) is 42.1 Å². The smallest absolute Gasteiger partial charge is 0.328 e. The van der Waals surface area contributed by atoms with Crippen LogP contribution in [-0.4, -0.2) is 54.8 Å². The Bertz CT molecular complexity index is 1200. The highest BCUT2D eigenvalue weighted by atomic mass is 16.6. The Hall–Kier alpha value is -3.98. The Morgan fingerprint density at radius 3 is 2.60 bits per heavy atom. The van der Waals surface area contributed by atoms with Gasteiger partial charge in [0, 0.05) is 29.7 Å². The van der Waals surface area contributed by atoms with Crippen LogP contribution in [0.15, 0.2) is 53.0 Å². The van der Waals surface area contributed by atoms with E-state index >= 15 is 0 Å². The van der Waals surface area contributed by atoms with Crippen molar-refractivity contribution in [3.8, 4) is 11.1 Å². The molecule has 0 aromatic heterocycles. The molecule has 2 aliphatic rings. The van der Waals surface area contributed by atoms with Gasteiger partial charge in [0.15, 0.2) is 0 Å². The van der Waals surface area contributed by atoms with Gasteiger partial charge in [-0.05, 0) is 55.2 Å². The molecule has 0 spiro atoms. The highest BCUT2D eigenvalue weighted by Gasteiger charge is 2.35. The molecular formula is C26H28N4O5. The van der Waals surface area contributed by atoms with Crippen molar-refractivity contribution in [3.63, 3.8) is 0 Å². The SMILES string of the molecule is CCONC(=O)C1=Cc2ccc(-c3ccc(C(=O)N4CCC[C@H]4C(=O)OC)cc3)cc2N=C(N)C1. The topological polar surface area (TPSA) is 123 Å².